The van der Waals surface area contributed by atoms with Crippen LogP contribution in [0.1, 0.15) is 5.69 Å². The third kappa shape index (κ3) is 2.14. The van der Waals surface area contributed by atoms with Crippen molar-refractivity contribution in [3.8, 4) is 11.3 Å². The number of hydrogen-bond acceptors (Lipinski definition) is 4. The summed E-state index contributed by atoms with van der Waals surface area (Å²) < 4.78 is 1.68. The predicted molar refractivity (Wildman–Crippen MR) is 76.0 cm³/mol. The lowest BCUT2D eigenvalue weighted by molar-refractivity contribution is 0.930. The fourth-order valence-corrected chi connectivity index (χ4v) is 2.09. The molecule has 0 amide bonds. The highest BCUT2D eigenvalue weighted by Gasteiger charge is 2.09. The third-order valence-electron chi connectivity index (χ3n) is 2.84. The van der Waals surface area contributed by atoms with Gasteiger partial charge in [0.1, 0.15) is 5.82 Å². The number of hydrazine groups is 1. The quantitative estimate of drug-likeness (QED) is 0.556. The molecule has 19 heavy (non-hydrogen) atoms. The van der Waals surface area contributed by atoms with E-state index in [4.69, 9.17) is 17.4 Å². The molecule has 5 nitrogen and oxygen atoms in total. The summed E-state index contributed by atoms with van der Waals surface area (Å²) in [7, 11) is 0. The first-order valence-electron chi connectivity index (χ1n) is 5.77. The second kappa shape index (κ2) is 4.53. The lowest BCUT2D eigenvalue weighted by atomic mass is 10.2. The number of fused-ring (bicyclic) bond motifs is 1. The summed E-state index contributed by atoms with van der Waals surface area (Å²) in [5.41, 5.74) is 6.06. The van der Waals surface area contributed by atoms with Crippen LogP contribution in [0, 0.1) is 6.92 Å². The largest absolute Gasteiger partial charge is 0.308 e. The van der Waals surface area contributed by atoms with Crippen LogP contribution in [0.2, 0.25) is 5.02 Å². The van der Waals surface area contributed by atoms with Gasteiger partial charge >= 0.3 is 0 Å². The summed E-state index contributed by atoms with van der Waals surface area (Å²) in [4.78, 5) is 4.43. The first-order valence-corrected chi connectivity index (χ1v) is 6.15. The predicted octanol–water partition coefficient (Wildman–Crippen LogP) is 2.64. The first-order chi connectivity index (χ1) is 9.17. The average molecular weight is 274 g/mol. The monoisotopic (exact) mass is 273 g/mol. The molecule has 2 heterocycles. The van der Waals surface area contributed by atoms with Crippen LogP contribution in [-0.4, -0.2) is 14.6 Å². The van der Waals surface area contributed by atoms with E-state index in [1.165, 1.54) is 0 Å². The van der Waals surface area contributed by atoms with Crippen molar-refractivity contribution < 1.29 is 0 Å². The van der Waals surface area contributed by atoms with Crippen LogP contribution in [-0.2, 0) is 0 Å². The summed E-state index contributed by atoms with van der Waals surface area (Å²) in [5.74, 6) is 6.19. The topological polar surface area (TPSA) is 68.2 Å². The minimum atomic E-state index is 0.697. The standard InChI is InChI=1S/C13H12ClN5/c1-8-6-13(17-15)19-12(16-8)7-11(18-19)9-2-4-10(14)5-3-9/h2-7,17H,15H2,1H3. The van der Waals surface area contributed by atoms with Crippen molar-refractivity contribution >= 4 is 23.1 Å². The third-order valence-corrected chi connectivity index (χ3v) is 3.10. The van der Waals surface area contributed by atoms with Crippen molar-refractivity contribution in [1.82, 2.24) is 14.6 Å². The molecule has 0 aliphatic rings. The number of nitrogen functional groups attached to an aromatic ring is 1. The van der Waals surface area contributed by atoms with E-state index in [0.717, 1.165) is 22.6 Å². The normalized spacial score (nSPS) is 10.9. The van der Waals surface area contributed by atoms with Gasteiger partial charge in [-0.05, 0) is 19.1 Å². The number of rotatable bonds is 2. The van der Waals surface area contributed by atoms with E-state index in [9.17, 15) is 0 Å². The molecule has 0 saturated heterocycles. The molecular formula is C13H12ClN5. The average Bonchev–Trinajstić information content (AvgIpc) is 2.82. The zero-order chi connectivity index (χ0) is 13.4. The van der Waals surface area contributed by atoms with Crippen LogP contribution in [0.25, 0.3) is 16.9 Å². The van der Waals surface area contributed by atoms with Gasteiger partial charge in [0, 0.05) is 28.4 Å². The molecule has 3 rings (SSSR count). The van der Waals surface area contributed by atoms with Crippen LogP contribution in [0.15, 0.2) is 36.4 Å². The van der Waals surface area contributed by atoms with Crippen LogP contribution in [0.3, 0.4) is 0 Å². The maximum atomic E-state index is 5.88. The maximum Gasteiger partial charge on any atom is 0.158 e. The second-order valence-corrected chi connectivity index (χ2v) is 4.67. The van der Waals surface area contributed by atoms with Gasteiger partial charge in [-0.25, -0.2) is 10.8 Å². The minimum Gasteiger partial charge on any atom is -0.308 e. The number of benzene rings is 1. The molecule has 0 aliphatic heterocycles. The fourth-order valence-electron chi connectivity index (χ4n) is 1.96. The van der Waals surface area contributed by atoms with Crippen molar-refractivity contribution in [2.75, 3.05) is 5.43 Å². The van der Waals surface area contributed by atoms with Crippen LogP contribution >= 0.6 is 11.6 Å². The Bertz CT molecular complexity index is 733. The number of hydrogen-bond donors (Lipinski definition) is 2. The Balaban J connectivity index is 2.18. The van der Waals surface area contributed by atoms with E-state index in [2.05, 4.69) is 15.5 Å². The molecular weight excluding hydrogens is 262 g/mol. The number of nitrogens with one attached hydrogen (secondary N) is 1. The lowest BCUT2D eigenvalue weighted by Gasteiger charge is -2.03. The lowest BCUT2D eigenvalue weighted by Crippen LogP contribution is -2.12. The molecule has 0 spiro atoms. The second-order valence-electron chi connectivity index (χ2n) is 4.23. The Morgan fingerprint density at radius 3 is 2.63 bits per heavy atom. The molecule has 0 saturated carbocycles. The summed E-state index contributed by atoms with van der Waals surface area (Å²) in [6, 6.07) is 11.3. The zero-order valence-corrected chi connectivity index (χ0v) is 11.0. The van der Waals surface area contributed by atoms with Gasteiger partial charge in [0.2, 0.25) is 0 Å². The van der Waals surface area contributed by atoms with E-state index >= 15 is 0 Å². The number of aryl methyl sites for hydroxylation is 1. The van der Waals surface area contributed by atoms with Crippen LogP contribution < -0.4 is 11.3 Å². The SMILES string of the molecule is Cc1cc(NN)n2nc(-c3ccc(Cl)cc3)cc2n1. The molecule has 3 N–H and O–H groups in total. The van der Waals surface area contributed by atoms with Crippen LogP contribution in [0.4, 0.5) is 5.82 Å². The fraction of sp³-hybridized carbons (Fsp3) is 0.0769. The molecule has 6 heteroatoms. The van der Waals surface area contributed by atoms with Crippen molar-refractivity contribution in [3.63, 3.8) is 0 Å². The Labute approximate surface area is 115 Å². The van der Waals surface area contributed by atoms with Gasteiger partial charge in [0.25, 0.3) is 0 Å². The highest BCUT2D eigenvalue weighted by molar-refractivity contribution is 6.30. The molecule has 3 aromatic rings. The van der Waals surface area contributed by atoms with Crippen molar-refractivity contribution in [2.24, 2.45) is 5.84 Å². The minimum absolute atomic E-state index is 0.697. The summed E-state index contributed by atoms with van der Waals surface area (Å²) >= 11 is 5.88. The number of nitrogens with two attached hydrogens (primary N) is 1. The van der Waals surface area contributed by atoms with E-state index in [-0.39, 0.29) is 0 Å². The molecule has 0 fully saturated rings. The van der Waals surface area contributed by atoms with E-state index in [1.807, 2.05) is 43.3 Å². The highest BCUT2D eigenvalue weighted by atomic mass is 35.5. The molecule has 0 aliphatic carbocycles. The smallest absolute Gasteiger partial charge is 0.158 e. The molecule has 0 atom stereocenters. The molecule has 0 bridgehead atoms. The summed E-state index contributed by atoms with van der Waals surface area (Å²) in [5, 5.41) is 5.19. The van der Waals surface area contributed by atoms with E-state index in [1.54, 1.807) is 4.52 Å². The number of halogens is 1. The number of anilines is 1. The van der Waals surface area contributed by atoms with Crippen molar-refractivity contribution in [2.45, 2.75) is 6.92 Å². The Kier molecular flexibility index (Phi) is 2.85. The Morgan fingerprint density at radius 1 is 1.21 bits per heavy atom. The summed E-state index contributed by atoms with van der Waals surface area (Å²) in [6.07, 6.45) is 0. The summed E-state index contributed by atoms with van der Waals surface area (Å²) in [6.45, 7) is 1.91. The zero-order valence-electron chi connectivity index (χ0n) is 10.3. The molecule has 0 unspecified atom stereocenters. The molecule has 96 valence electrons. The van der Waals surface area contributed by atoms with E-state index < -0.39 is 0 Å². The van der Waals surface area contributed by atoms with Gasteiger partial charge < -0.3 is 5.43 Å². The van der Waals surface area contributed by atoms with E-state index in [0.29, 0.717) is 10.8 Å². The Morgan fingerprint density at radius 2 is 1.95 bits per heavy atom. The highest BCUT2D eigenvalue weighted by Crippen LogP contribution is 2.23. The molecule has 2 aromatic heterocycles. The first kappa shape index (κ1) is 12.0. The van der Waals surface area contributed by atoms with Crippen molar-refractivity contribution in [3.05, 3.63) is 47.1 Å². The van der Waals surface area contributed by atoms with Gasteiger partial charge in [-0.15, -0.1) is 0 Å². The number of nitrogens with zero attached hydrogens (tertiary/aromatic N) is 3. The van der Waals surface area contributed by atoms with Crippen LogP contribution in [0.5, 0.6) is 0 Å². The Hall–Kier alpha value is -2.11. The van der Waals surface area contributed by atoms with Crippen molar-refractivity contribution in [1.29, 1.82) is 0 Å². The maximum absolute atomic E-state index is 5.88. The van der Waals surface area contributed by atoms with Gasteiger partial charge in [-0.3, -0.25) is 0 Å². The van der Waals surface area contributed by atoms with Gasteiger partial charge in [0.15, 0.2) is 5.65 Å². The number of aromatic nitrogens is 3. The van der Waals surface area contributed by atoms with Gasteiger partial charge in [-0.1, -0.05) is 23.7 Å². The molecule has 1 aromatic carbocycles. The van der Waals surface area contributed by atoms with Gasteiger partial charge in [-0.2, -0.15) is 9.61 Å². The van der Waals surface area contributed by atoms with Gasteiger partial charge in [0.05, 0.1) is 5.69 Å². The molecule has 0 radical (unpaired) electrons.